The van der Waals surface area contributed by atoms with E-state index in [0.717, 1.165) is 32.7 Å². The molecule has 3 aromatic carbocycles. The molecule has 4 aromatic rings. The van der Waals surface area contributed by atoms with Gasteiger partial charge in [-0.05, 0) is 80.9 Å². The molecule has 0 aliphatic carbocycles. The molecule has 0 radical (unpaired) electrons. The molecule has 0 saturated carbocycles. The predicted molar refractivity (Wildman–Crippen MR) is 164 cm³/mol. The third kappa shape index (κ3) is 6.30. The van der Waals surface area contributed by atoms with Crippen LogP contribution in [0.2, 0.25) is 0 Å². The minimum absolute atomic E-state index is 0.126. The fraction of sp³-hybridized carbons (Fsp3) is 0.172. The zero-order chi connectivity index (χ0) is 28.3. The lowest BCUT2D eigenvalue weighted by Gasteiger charge is -2.15. The highest BCUT2D eigenvalue weighted by molar-refractivity contribution is 7.92. The molecule has 0 aliphatic heterocycles. The number of benzene rings is 3. The number of anilines is 3. The van der Waals surface area contributed by atoms with Crippen molar-refractivity contribution >= 4 is 61.0 Å². The molecule has 0 bridgehead atoms. The van der Waals surface area contributed by atoms with Gasteiger partial charge in [0.15, 0.2) is 5.11 Å². The highest BCUT2D eigenvalue weighted by Crippen LogP contribution is 2.40. The molecule has 0 fully saturated rings. The van der Waals surface area contributed by atoms with Crippen LogP contribution in [0.1, 0.15) is 31.9 Å². The number of ether oxygens (including phenoxy) is 1. The number of sulfonamides is 1. The van der Waals surface area contributed by atoms with Gasteiger partial charge in [-0.1, -0.05) is 48.0 Å². The van der Waals surface area contributed by atoms with Crippen LogP contribution in [-0.4, -0.2) is 26.6 Å². The number of carbonyl (C=O) groups is 1. The maximum Gasteiger partial charge on any atom is 0.341 e. The van der Waals surface area contributed by atoms with Crippen LogP contribution in [-0.2, 0) is 14.8 Å². The summed E-state index contributed by atoms with van der Waals surface area (Å²) in [6, 6.07) is 19.8. The number of carbonyl (C=O) groups excluding carboxylic acids is 1. The van der Waals surface area contributed by atoms with E-state index in [1.54, 1.807) is 12.1 Å². The number of hydrogen-bond acceptors (Lipinski definition) is 6. The molecule has 1 aromatic heterocycles. The van der Waals surface area contributed by atoms with Gasteiger partial charge in [-0.15, -0.1) is 11.3 Å². The lowest BCUT2D eigenvalue weighted by molar-refractivity contribution is 0.0603. The summed E-state index contributed by atoms with van der Waals surface area (Å²) in [5.41, 5.74) is 6.05. The Balaban J connectivity index is 1.51. The Morgan fingerprint density at radius 1 is 0.897 bits per heavy atom. The first-order chi connectivity index (χ1) is 18.5. The molecule has 7 nitrogen and oxygen atoms in total. The Hall–Kier alpha value is -3.73. The molecule has 1 heterocycles. The average Bonchev–Trinajstić information content (AvgIpc) is 3.21. The summed E-state index contributed by atoms with van der Waals surface area (Å²) in [5, 5.41) is 6.97. The van der Waals surface area contributed by atoms with E-state index in [-0.39, 0.29) is 10.0 Å². The molecule has 0 atom stereocenters. The quantitative estimate of drug-likeness (QED) is 0.160. The van der Waals surface area contributed by atoms with Gasteiger partial charge in [0.1, 0.15) is 10.6 Å². The number of thiophene rings is 1. The molecule has 0 unspecified atom stereocenters. The molecule has 39 heavy (non-hydrogen) atoms. The van der Waals surface area contributed by atoms with Crippen molar-refractivity contribution in [3.63, 3.8) is 0 Å². The van der Waals surface area contributed by atoms with Crippen molar-refractivity contribution in [2.75, 3.05) is 22.5 Å². The minimum atomic E-state index is -3.79. The molecule has 3 N–H and O–H groups in total. The lowest BCUT2D eigenvalue weighted by atomic mass is 10.0. The van der Waals surface area contributed by atoms with E-state index in [9.17, 15) is 13.2 Å². The molecule has 202 valence electrons. The summed E-state index contributed by atoms with van der Waals surface area (Å²) >= 11 is 6.90. The number of aryl methyl sites for hydroxylation is 4. The summed E-state index contributed by atoms with van der Waals surface area (Å²) in [6.07, 6.45) is 0. The monoisotopic (exact) mass is 579 g/mol. The maximum absolute atomic E-state index is 13.0. The Morgan fingerprint density at radius 3 is 2.10 bits per heavy atom. The molecule has 0 amide bonds. The standard InChI is InChI=1S/C29H29N3O4S3/c1-17-15-18(2)26(19(3)16-17)32-39(34,35)23-13-11-22(12-14-23)30-29(37)31-27-25(28(33)36-5)24(20(4)38-27)21-9-7-6-8-10-21/h6-16,32H,1-5H3,(H2,30,31,37). The number of hydrogen-bond donors (Lipinski definition) is 3. The second-order valence-corrected chi connectivity index (χ2v) is 12.4. The minimum Gasteiger partial charge on any atom is -0.465 e. The van der Waals surface area contributed by atoms with Crippen LogP contribution in [0.3, 0.4) is 0 Å². The number of thiocarbonyl (C=S) groups is 1. The Kier molecular flexibility index (Phi) is 8.39. The first-order valence-electron chi connectivity index (χ1n) is 12.1. The molecule has 0 aliphatic rings. The smallest absolute Gasteiger partial charge is 0.341 e. The largest absolute Gasteiger partial charge is 0.465 e. The normalized spacial score (nSPS) is 11.1. The van der Waals surface area contributed by atoms with Crippen molar-refractivity contribution in [3.8, 4) is 11.1 Å². The van der Waals surface area contributed by atoms with E-state index in [2.05, 4.69) is 15.4 Å². The Morgan fingerprint density at radius 2 is 1.51 bits per heavy atom. The average molecular weight is 580 g/mol. The molecular formula is C29H29N3O4S3. The van der Waals surface area contributed by atoms with Crippen molar-refractivity contribution in [1.29, 1.82) is 0 Å². The van der Waals surface area contributed by atoms with E-state index in [1.165, 1.54) is 30.6 Å². The van der Waals surface area contributed by atoms with Gasteiger partial charge in [-0.25, -0.2) is 13.2 Å². The first-order valence-corrected chi connectivity index (χ1v) is 14.8. The van der Waals surface area contributed by atoms with Gasteiger partial charge in [0.2, 0.25) is 0 Å². The van der Waals surface area contributed by atoms with Crippen LogP contribution >= 0.6 is 23.6 Å². The second kappa shape index (κ2) is 11.6. The van der Waals surface area contributed by atoms with E-state index >= 15 is 0 Å². The van der Waals surface area contributed by atoms with E-state index in [0.29, 0.717) is 21.9 Å². The summed E-state index contributed by atoms with van der Waals surface area (Å²) in [6.45, 7) is 7.67. The highest BCUT2D eigenvalue weighted by atomic mass is 32.2. The van der Waals surface area contributed by atoms with Gasteiger partial charge < -0.3 is 15.4 Å². The predicted octanol–water partition coefficient (Wildman–Crippen LogP) is 7.05. The first kappa shape index (κ1) is 28.3. The van der Waals surface area contributed by atoms with E-state index in [1.807, 2.05) is 70.2 Å². The summed E-state index contributed by atoms with van der Waals surface area (Å²) < 4.78 is 33.8. The van der Waals surface area contributed by atoms with Crippen molar-refractivity contribution in [2.24, 2.45) is 0 Å². The Labute approximate surface area is 238 Å². The van der Waals surface area contributed by atoms with Crippen molar-refractivity contribution < 1.29 is 17.9 Å². The summed E-state index contributed by atoms with van der Waals surface area (Å²) in [4.78, 5) is 13.8. The second-order valence-electron chi connectivity index (χ2n) is 9.08. The number of methoxy groups -OCH3 is 1. The van der Waals surface area contributed by atoms with Crippen LogP contribution in [0.4, 0.5) is 16.4 Å². The van der Waals surface area contributed by atoms with Gasteiger partial charge in [-0.3, -0.25) is 4.72 Å². The van der Waals surface area contributed by atoms with Crippen LogP contribution in [0.15, 0.2) is 71.6 Å². The Bertz CT molecular complexity index is 1620. The molecule has 4 rings (SSSR count). The third-order valence-electron chi connectivity index (χ3n) is 6.10. The molecule has 10 heteroatoms. The van der Waals surface area contributed by atoms with Gasteiger partial charge >= 0.3 is 5.97 Å². The van der Waals surface area contributed by atoms with Crippen LogP contribution in [0, 0.1) is 27.7 Å². The SMILES string of the molecule is COC(=O)c1c(NC(=S)Nc2ccc(S(=O)(=O)Nc3c(C)cc(C)cc3C)cc2)sc(C)c1-c1ccccc1. The van der Waals surface area contributed by atoms with Gasteiger partial charge in [0.05, 0.1) is 17.7 Å². The van der Waals surface area contributed by atoms with Gasteiger partial charge in [-0.2, -0.15) is 0 Å². The fourth-order valence-electron chi connectivity index (χ4n) is 4.40. The van der Waals surface area contributed by atoms with E-state index < -0.39 is 16.0 Å². The number of nitrogens with one attached hydrogen (secondary N) is 3. The molecule has 0 spiro atoms. The summed E-state index contributed by atoms with van der Waals surface area (Å²) in [7, 11) is -2.44. The number of esters is 1. The zero-order valence-corrected chi connectivity index (χ0v) is 24.7. The highest BCUT2D eigenvalue weighted by Gasteiger charge is 2.24. The lowest BCUT2D eigenvalue weighted by Crippen LogP contribution is -2.20. The van der Waals surface area contributed by atoms with Crippen LogP contribution in [0.25, 0.3) is 11.1 Å². The zero-order valence-electron chi connectivity index (χ0n) is 22.2. The molecular weight excluding hydrogens is 551 g/mol. The van der Waals surface area contributed by atoms with Crippen LogP contribution < -0.4 is 15.4 Å². The van der Waals surface area contributed by atoms with Gasteiger partial charge in [0, 0.05) is 16.1 Å². The maximum atomic E-state index is 13.0. The number of rotatable bonds is 7. The third-order valence-corrected chi connectivity index (χ3v) is 8.69. The van der Waals surface area contributed by atoms with Crippen molar-refractivity contribution in [2.45, 2.75) is 32.6 Å². The van der Waals surface area contributed by atoms with Crippen molar-refractivity contribution in [1.82, 2.24) is 0 Å². The van der Waals surface area contributed by atoms with E-state index in [4.69, 9.17) is 17.0 Å². The van der Waals surface area contributed by atoms with Gasteiger partial charge in [0.25, 0.3) is 10.0 Å². The van der Waals surface area contributed by atoms with Crippen LogP contribution in [0.5, 0.6) is 0 Å². The fourth-order valence-corrected chi connectivity index (χ4v) is 6.96. The summed E-state index contributed by atoms with van der Waals surface area (Å²) in [5.74, 6) is -0.468. The van der Waals surface area contributed by atoms with Crippen molar-refractivity contribution in [3.05, 3.63) is 93.9 Å². The molecule has 0 saturated heterocycles. The topological polar surface area (TPSA) is 96.5 Å².